The number of oxazole rings is 1. The van der Waals surface area contributed by atoms with Crippen LogP contribution in [0.1, 0.15) is 24.3 Å². The normalized spacial score (nSPS) is 22.5. The molecule has 2 atom stereocenters. The monoisotopic (exact) mass is 268 g/mol. The van der Waals surface area contributed by atoms with Crippen LogP contribution in [0.5, 0.6) is 0 Å². The number of hydrogen-bond donors (Lipinski definition) is 1. The molecule has 2 unspecified atom stereocenters. The fourth-order valence-electron chi connectivity index (χ4n) is 2.15. The van der Waals surface area contributed by atoms with E-state index < -0.39 is 17.9 Å². The van der Waals surface area contributed by atoms with Crippen molar-refractivity contribution in [3.63, 3.8) is 0 Å². The van der Waals surface area contributed by atoms with Gasteiger partial charge in [-0.3, -0.25) is 4.79 Å². The van der Waals surface area contributed by atoms with E-state index in [9.17, 15) is 9.59 Å². The topological polar surface area (TPSA) is 92.9 Å². The van der Waals surface area contributed by atoms with Crippen molar-refractivity contribution in [2.45, 2.75) is 13.8 Å². The lowest BCUT2D eigenvalue weighted by atomic mass is 9.99. The third kappa shape index (κ3) is 2.69. The van der Waals surface area contributed by atoms with Crippen LogP contribution in [0.4, 0.5) is 6.01 Å². The van der Waals surface area contributed by atoms with Crippen LogP contribution in [0.3, 0.4) is 0 Å². The highest BCUT2D eigenvalue weighted by Crippen LogP contribution is 2.27. The Hall–Kier alpha value is -2.05. The van der Waals surface area contributed by atoms with Gasteiger partial charge in [0.15, 0.2) is 5.69 Å². The highest BCUT2D eigenvalue weighted by Gasteiger charge is 2.36. The molecule has 0 aromatic carbocycles. The largest absolute Gasteiger partial charge is 0.481 e. The van der Waals surface area contributed by atoms with E-state index in [0.717, 1.165) is 0 Å². The van der Waals surface area contributed by atoms with Crippen LogP contribution in [-0.4, -0.2) is 41.7 Å². The molecule has 0 saturated carbocycles. The first-order chi connectivity index (χ1) is 9.02. The summed E-state index contributed by atoms with van der Waals surface area (Å²) in [7, 11) is 0. The van der Waals surface area contributed by atoms with Gasteiger partial charge in [-0.15, -0.1) is 0 Å². The zero-order chi connectivity index (χ0) is 14.0. The molecule has 1 aromatic heterocycles. The van der Waals surface area contributed by atoms with Gasteiger partial charge in [-0.25, -0.2) is 4.79 Å². The van der Waals surface area contributed by atoms with Crippen molar-refractivity contribution in [3.8, 4) is 0 Å². The number of aromatic nitrogens is 1. The summed E-state index contributed by atoms with van der Waals surface area (Å²) >= 11 is 0. The van der Waals surface area contributed by atoms with E-state index in [-0.39, 0.29) is 24.2 Å². The van der Waals surface area contributed by atoms with Gasteiger partial charge in [0, 0.05) is 13.1 Å². The molecule has 1 fully saturated rings. The summed E-state index contributed by atoms with van der Waals surface area (Å²) in [6, 6.07) is 0.263. The summed E-state index contributed by atoms with van der Waals surface area (Å²) in [4.78, 5) is 28.2. The number of ether oxygens (including phenoxy) is 1. The maximum atomic E-state index is 11.5. The number of nitrogens with zero attached hydrogens (tertiary/aromatic N) is 2. The van der Waals surface area contributed by atoms with Crippen LogP contribution in [0, 0.1) is 11.8 Å². The zero-order valence-corrected chi connectivity index (χ0v) is 10.8. The second kappa shape index (κ2) is 5.29. The van der Waals surface area contributed by atoms with E-state index in [0.29, 0.717) is 13.1 Å². The van der Waals surface area contributed by atoms with E-state index in [1.165, 1.54) is 6.26 Å². The Bertz CT molecular complexity index is 484. The maximum Gasteiger partial charge on any atom is 0.360 e. The maximum absolute atomic E-state index is 11.5. The van der Waals surface area contributed by atoms with Gasteiger partial charge in [-0.1, -0.05) is 6.92 Å². The lowest BCUT2D eigenvalue weighted by Crippen LogP contribution is -2.23. The Labute approximate surface area is 110 Å². The predicted molar refractivity (Wildman–Crippen MR) is 65.0 cm³/mol. The summed E-state index contributed by atoms with van der Waals surface area (Å²) in [6.07, 6.45) is 1.23. The van der Waals surface area contributed by atoms with Crippen LogP contribution in [0.2, 0.25) is 0 Å². The van der Waals surface area contributed by atoms with Crippen molar-refractivity contribution in [1.29, 1.82) is 0 Å². The summed E-state index contributed by atoms with van der Waals surface area (Å²) in [5, 5.41) is 9.06. The van der Waals surface area contributed by atoms with Gasteiger partial charge in [0.05, 0.1) is 12.5 Å². The number of carboxylic acid groups (broad SMARTS) is 1. The minimum atomic E-state index is -0.827. The van der Waals surface area contributed by atoms with E-state index in [4.69, 9.17) is 14.3 Å². The third-order valence-corrected chi connectivity index (χ3v) is 3.18. The van der Waals surface area contributed by atoms with Crippen molar-refractivity contribution in [2.75, 3.05) is 24.6 Å². The molecule has 1 N–H and O–H groups in total. The molecule has 7 heteroatoms. The van der Waals surface area contributed by atoms with Gasteiger partial charge in [0.2, 0.25) is 0 Å². The zero-order valence-electron chi connectivity index (χ0n) is 10.8. The van der Waals surface area contributed by atoms with Gasteiger partial charge in [0.1, 0.15) is 6.26 Å². The SMILES string of the molecule is CCOC(=O)c1coc(N2CC(C)C(C(=O)O)C2)n1. The fourth-order valence-corrected chi connectivity index (χ4v) is 2.15. The number of carbonyl (C=O) groups is 2. The molecular formula is C12H16N2O5. The lowest BCUT2D eigenvalue weighted by Gasteiger charge is -2.11. The Morgan fingerprint density at radius 1 is 1.58 bits per heavy atom. The number of hydrogen-bond acceptors (Lipinski definition) is 6. The average molecular weight is 268 g/mol. The molecule has 1 aliphatic heterocycles. The van der Waals surface area contributed by atoms with Crippen LogP contribution in [0.25, 0.3) is 0 Å². The molecule has 1 aliphatic rings. The molecule has 1 aromatic rings. The van der Waals surface area contributed by atoms with Crippen molar-refractivity contribution in [1.82, 2.24) is 4.98 Å². The Morgan fingerprint density at radius 3 is 2.89 bits per heavy atom. The van der Waals surface area contributed by atoms with E-state index in [1.54, 1.807) is 11.8 Å². The van der Waals surface area contributed by atoms with Crippen LogP contribution >= 0.6 is 0 Å². The number of carboxylic acids is 1. The second-order valence-corrected chi connectivity index (χ2v) is 4.56. The molecule has 2 rings (SSSR count). The molecule has 19 heavy (non-hydrogen) atoms. The number of aliphatic carboxylic acids is 1. The summed E-state index contributed by atoms with van der Waals surface area (Å²) in [5.74, 6) is -1.81. The molecule has 0 bridgehead atoms. The Balaban J connectivity index is 2.08. The standard InChI is InChI=1S/C12H16N2O5/c1-3-18-11(17)9-6-19-12(13-9)14-4-7(2)8(5-14)10(15)16/h6-8H,3-5H2,1-2H3,(H,15,16). The Morgan fingerprint density at radius 2 is 2.32 bits per heavy atom. The first-order valence-corrected chi connectivity index (χ1v) is 6.13. The predicted octanol–water partition coefficient (Wildman–Crippen LogP) is 1.01. The highest BCUT2D eigenvalue weighted by molar-refractivity contribution is 5.87. The highest BCUT2D eigenvalue weighted by atomic mass is 16.5. The fraction of sp³-hybridized carbons (Fsp3) is 0.583. The van der Waals surface area contributed by atoms with Gasteiger partial charge < -0.3 is 19.2 Å². The first-order valence-electron chi connectivity index (χ1n) is 6.13. The molecule has 104 valence electrons. The van der Waals surface area contributed by atoms with Crippen molar-refractivity contribution in [3.05, 3.63) is 12.0 Å². The minimum Gasteiger partial charge on any atom is -0.481 e. The summed E-state index contributed by atoms with van der Waals surface area (Å²) < 4.78 is 10.0. The molecule has 7 nitrogen and oxygen atoms in total. The molecule has 0 radical (unpaired) electrons. The smallest absolute Gasteiger partial charge is 0.360 e. The van der Waals surface area contributed by atoms with E-state index in [2.05, 4.69) is 4.98 Å². The van der Waals surface area contributed by atoms with Gasteiger partial charge in [-0.2, -0.15) is 4.98 Å². The van der Waals surface area contributed by atoms with E-state index >= 15 is 0 Å². The molecule has 1 saturated heterocycles. The molecule has 0 spiro atoms. The van der Waals surface area contributed by atoms with Crippen LogP contribution in [-0.2, 0) is 9.53 Å². The number of rotatable bonds is 4. The first kappa shape index (κ1) is 13.4. The molecular weight excluding hydrogens is 252 g/mol. The Kier molecular flexibility index (Phi) is 3.73. The average Bonchev–Trinajstić information content (AvgIpc) is 2.95. The lowest BCUT2D eigenvalue weighted by molar-refractivity contribution is -0.142. The quantitative estimate of drug-likeness (QED) is 0.814. The van der Waals surface area contributed by atoms with Crippen LogP contribution in [0.15, 0.2) is 10.7 Å². The third-order valence-electron chi connectivity index (χ3n) is 3.18. The van der Waals surface area contributed by atoms with Crippen molar-refractivity contribution >= 4 is 18.0 Å². The number of esters is 1. The van der Waals surface area contributed by atoms with Gasteiger partial charge in [0.25, 0.3) is 6.01 Å². The van der Waals surface area contributed by atoms with E-state index in [1.807, 2.05) is 6.92 Å². The molecule has 0 aliphatic carbocycles. The van der Waals surface area contributed by atoms with Crippen molar-refractivity contribution < 1.29 is 23.8 Å². The van der Waals surface area contributed by atoms with Crippen molar-refractivity contribution in [2.24, 2.45) is 11.8 Å². The van der Waals surface area contributed by atoms with Gasteiger partial charge in [-0.05, 0) is 12.8 Å². The minimum absolute atomic E-state index is 0.00967. The van der Waals surface area contributed by atoms with Gasteiger partial charge >= 0.3 is 11.9 Å². The number of anilines is 1. The summed E-state index contributed by atoms with van der Waals surface area (Å²) in [6.45, 7) is 4.72. The second-order valence-electron chi connectivity index (χ2n) is 4.56. The molecule has 0 amide bonds. The van der Waals surface area contributed by atoms with Crippen LogP contribution < -0.4 is 4.90 Å². The summed E-state index contributed by atoms with van der Waals surface area (Å²) in [5.41, 5.74) is 0.100. The number of carbonyl (C=O) groups excluding carboxylic acids is 1. The molecule has 2 heterocycles.